The average molecular weight is 270 g/mol. The van der Waals surface area contributed by atoms with Gasteiger partial charge in [0.05, 0.1) is 22.6 Å². The van der Waals surface area contributed by atoms with E-state index in [-0.39, 0.29) is 34.2 Å². The summed E-state index contributed by atoms with van der Waals surface area (Å²) in [6.07, 6.45) is 0. The first-order valence-electron chi connectivity index (χ1n) is 5.01. The minimum absolute atomic E-state index is 0.0124. The molecular formula is C11H8ClNO5. The summed E-state index contributed by atoms with van der Waals surface area (Å²) < 4.78 is 4.78. The number of ether oxygens (including phenoxy) is 1. The van der Waals surface area contributed by atoms with Crippen LogP contribution in [0.2, 0.25) is 0 Å². The van der Waals surface area contributed by atoms with Gasteiger partial charge in [-0.15, -0.1) is 16.7 Å². The second-order valence-electron chi connectivity index (χ2n) is 3.51. The number of hydroxylamine groups is 2. The van der Waals surface area contributed by atoms with Gasteiger partial charge in [-0.3, -0.25) is 14.8 Å². The minimum Gasteiger partial charge on any atom is -0.461 e. The number of esters is 1. The van der Waals surface area contributed by atoms with Crippen molar-refractivity contribution in [3.8, 4) is 0 Å². The van der Waals surface area contributed by atoms with Crippen LogP contribution in [0, 0.1) is 0 Å². The fraction of sp³-hybridized carbons (Fsp3) is 0.182. The number of carbonyl (C=O) groups excluding carboxylic acids is 3. The van der Waals surface area contributed by atoms with E-state index in [1.54, 1.807) is 0 Å². The summed E-state index contributed by atoms with van der Waals surface area (Å²) in [6.45, 7) is 0.0521. The van der Waals surface area contributed by atoms with Crippen LogP contribution in [0.1, 0.15) is 31.1 Å². The van der Waals surface area contributed by atoms with Gasteiger partial charge in [0.2, 0.25) is 0 Å². The van der Waals surface area contributed by atoms with Gasteiger partial charge in [0, 0.05) is 0 Å². The van der Waals surface area contributed by atoms with Gasteiger partial charge in [0.15, 0.2) is 0 Å². The lowest BCUT2D eigenvalue weighted by Gasteiger charge is -2.03. The third-order valence-corrected chi connectivity index (χ3v) is 2.57. The molecule has 2 rings (SSSR count). The van der Waals surface area contributed by atoms with E-state index in [0.717, 1.165) is 0 Å². The van der Waals surface area contributed by atoms with E-state index >= 15 is 0 Å². The Labute approximate surface area is 107 Å². The van der Waals surface area contributed by atoms with Gasteiger partial charge in [0.25, 0.3) is 11.8 Å². The molecule has 2 amide bonds. The SMILES string of the molecule is O=C(OCCCl)c1ccc2c(c1)C(=O)N(O)C2=O. The number of fused-ring (bicyclic) bond motifs is 1. The molecule has 94 valence electrons. The Bertz CT molecular complexity index is 542. The van der Waals surface area contributed by atoms with Crippen LogP contribution in [0.5, 0.6) is 0 Å². The summed E-state index contributed by atoms with van der Waals surface area (Å²) in [5.74, 6) is -2.15. The van der Waals surface area contributed by atoms with Gasteiger partial charge in [-0.25, -0.2) is 4.79 Å². The molecule has 0 fully saturated rings. The molecule has 0 saturated carbocycles. The summed E-state index contributed by atoms with van der Waals surface area (Å²) in [6, 6.07) is 3.85. The van der Waals surface area contributed by atoms with E-state index in [1.807, 2.05) is 0 Å². The molecule has 1 aliphatic rings. The number of halogens is 1. The van der Waals surface area contributed by atoms with Crippen molar-refractivity contribution in [1.82, 2.24) is 5.06 Å². The van der Waals surface area contributed by atoms with Crippen LogP contribution in [-0.2, 0) is 4.74 Å². The molecule has 7 heteroatoms. The van der Waals surface area contributed by atoms with E-state index in [2.05, 4.69) is 0 Å². The Kier molecular flexibility index (Phi) is 3.31. The van der Waals surface area contributed by atoms with E-state index < -0.39 is 17.8 Å². The first kappa shape index (κ1) is 12.5. The Morgan fingerprint density at radius 3 is 2.61 bits per heavy atom. The van der Waals surface area contributed by atoms with Crippen molar-refractivity contribution in [2.45, 2.75) is 0 Å². The predicted octanol–water partition coefficient (Wildman–Crippen LogP) is 1.07. The largest absolute Gasteiger partial charge is 0.461 e. The Balaban J connectivity index is 2.32. The first-order chi connectivity index (χ1) is 8.56. The Morgan fingerprint density at radius 1 is 1.28 bits per heavy atom. The Hall–Kier alpha value is -1.92. The maximum Gasteiger partial charge on any atom is 0.338 e. The summed E-state index contributed by atoms with van der Waals surface area (Å²) >= 11 is 5.37. The topological polar surface area (TPSA) is 83.9 Å². The highest BCUT2D eigenvalue weighted by atomic mass is 35.5. The van der Waals surface area contributed by atoms with Crippen LogP contribution in [-0.4, -0.2) is 40.5 Å². The fourth-order valence-electron chi connectivity index (χ4n) is 1.57. The maximum atomic E-state index is 11.5. The number of hydrogen-bond donors (Lipinski definition) is 1. The molecule has 1 aromatic rings. The molecule has 0 radical (unpaired) electrons. The summed E-state index contributed by atoms with van der Waals surface area (Å²) in [4.78, 5) is 34.4. The Morgan fingerprint density at radius 2 is 1.94 bits per heavy atom. The highest BCUT2D eigenvalue weighted by Gasteiger charge is 2.35. The van der Waals surface area contributed by atoms with Crippen LogP contribution < -0.4 is 0 Å². The molecule has 1 aliphatic heterocycles. The second-order valence-corrected chi connectivity index (χ2v) is 3.89. The standard InChI is InChI=1S/C11H8ClNO5/c12-3-4-18-11(16)6-1-2-7-8(5-6)10(15)13(17)9(7)14/h1-2,5,17H,3-4H2. The zero-order valence-corrected chi connectivity index (χ0v) is 9.81. The van der Waals surface area contributed by atoms with Crippen molar-refractivity contribution in [3.63, 3.8) is 0 Å². The normalized spacial score (nSPS) is 13.8. The first-order valence-corrected chi connectivity index (χ1v) is 5.54. The number of alkyl halides is 1. The van der Waals surface area contributed by atoms with E-state index in [0.29, 0.717) is 0 Å². The third kappa shape index (κ3) is 1.96. The molecule has 0 aromatic heterocycles. The van der Waals surface area contributed by atoms with Gasteiger partial charge < -0.3 is 4.74 Å². The van der Waals surface area contributed by atoms with Crippen LogP contribution >= 0.6 is 11.6 Å². The van der Waals surface area contributed by atoms with Crippen molar-refractivity contribution in [2.24, 2.45) is 0 Å². The predicted molar refractivity (Wildman–Crippen MR) is 59.7 cm³/mol. The van der Waals surface area contributed by atoms with Crippen molar-refractivity contribution < 1.29 is 24.3 Å². The van der Waals surface area contributed by atoms with Crippen LogP contribution in [0.3, 0.4) is 0 Å². The number of benzene rings is 1. The van der Waals surface area contributed by atoms with Crippen molar-refractivity contribution in [3.05, 3.63) is 34.9 Å². The number of imide groups is 1. The third-order valence-electron chi connectivity index (χ3n) is 2.41. The number of carbonyl (C=O) groups is 3. The van der Waals surface area contributed by atoms with E-state index in [9.17, 15) is 14.4 Å². The smallest absolute Gasteiger partial charge is 0.338 e. The lowest BCUT2D eigenvalue weighted by molar-refractivity contribution is -0.0327. The molecule has 18 heavy (non-hydrogen) atoms. The zero-order chi connectivity index (χ0) is 13.3. The van der Waals surface area contributed by atoms with Crippen LogP contribution in [0.15, 0.2) is 18.2 Å². The van der Waals surface area contributed by atoms with Crippen molar-refractivity contribution in [1.29, 1.82) is 0 Å². The summed E-state index contributed by atoms with van der Waals surface area (Å²) in [7, 11) is 0. The number of hydrogen-bond acceptors (Lipinski definition) is 5. The number of rotatable bonds is 3. The van der Waals surface area contributed by atoms with Crippen LogP contribution in [0.25, 0.3) is 0 Å². The fourth-order valence-corrected chi connectivity index (χ4v) is 1.65. The molecule has 0 atom stereocenters. The quantitative estimate of drug-likeness (QED) is 0.384. The average Bonchev–Trinajstić information content (AvgIpc) is 2.61. The number of amides is 2. The molecule has 0 aliphatic carbocycles. The molecule has 0 spiro atoms. The molecule has 0 saturated heterocycles. The molecule has 0 bridgehead atoms. The highest BCUT2D eigenvalue weighted by Crippen LogP contribution is 2.22. The summed E-state index contributed by atoms with van der Waals surface area (Å²) in [5.41, 5.74) is 0.148. The van der Waals surface area contributed by atoms with Gasteiger partial charge >= 0.3 is 5.97 Å². The molecule has 1 aromatic carbocycles. The van der Waals surface area contributed by atoms with E-state index in [4.69, 9.17) is 21.5 Å². The summed E-state index contributed by atoms with van der Waals surface area (Å²) in [5, 5.41) is 9.17. The molecule has 0 unspecified atom stereocenters. The van der Waals surface area contributed by atoms with Gasteiger partial charge in [-0.2, -0.15) is 0 Å². The van der Waals surface area contributed by atoms with Gasteiger partial charge in [0.1, 0.15) is 6.61 Å². The van der Waals surface area contributed by atoms with Crippen molar-refractivity contribution >= 4 is 29.4 Å². The number of nitrogens with zero attached hydrogens (tertiary/aromatic N) is 1. The second kappa shape index (κ2) is 4.75. The minimum atomic E-state index is -0.859. The van der Waals surface area contributed by atoms with Crippen molar-refractivity contribution in [2.75, 3.05) is 12.5 Å². The molecule has 1 N–H and O–H groups in total. The highest BCUT2D eigenvalue weighted by molar-refractivity contribution is 6.21. The monoisotopic (exact) mass is 269 g/mol. The van der Waals surface area contributed by atoms with E-state index in [1.165, 1.54) is 18.2 Å². The lowest BCUT2D eigenvalue weighted by atomic mass is 10.1. The van der Waals surface area contributed by atoms with Crippen LogP contribution in [0.4, 0.5) is 0 Å². The zero-order valence-electron chi connectivity index (χ0n) is 9.05. The molecular weight excluding hydrogens is 262 g/mol. The maximum absolute atomic E-state index is 11.5. The molecule has 1 heterocycles. The molecule has 6 nitrogen and oxygen atoms in total. The van der Waals surface area contributed by atoms with Gasteiger partial charge in [-0.1, -0.05) is 0 Å². The van der Waals surface area contributed by atoms with Gasteiger partial charge in [-0.05, 0) is 18.2 Å². The lowest BCUT2D eigenvalue weighted by Crippen LogP contribution is -2.25.